The van der Waals surface area contributed by atoms with Crippen molar-refractivity contribution in [2.45, 2.75) is 45.4 Å². The molecule has 25 heavy (non-hydrogen) atoms. The molecule has 0 heterocycles. The Hall–Kier alpha value is -1.76. The number of nitrogens with zero attached hydrogens (tertiary/aromatic N) is 1. The summed E-state index contributed by atoms with van der Waals surface area (Å²) in [6.45, 7) is 3.59. The lowest BCUT2D eigenvalue weighted by Gasteiger charge is -2.19. The molecule has 2 atom stereocenters. The van der Waals surface area contributed by atoms with Crippen LogP contribution in [-0.4, -0.2) is 13.6 Å². The molecule has 0 aliphatic heterocycles. The van der Waals surface area contributed by atoms with E-state index in [1.165, 1.54) is 61.0 Å². The Morgan fingerprint density at radius 3 is 2.00 bits per heavy atom. The summed E-state index contributed by atoms with van der Waals surface area (Å²) in [5.74, 6) is 2.91. The van der Waals surface area contributed by atoms with Gasteiger partial charge in [-0.2, -0.15) is 0 Å². The highest BCUT2D eigenvalue weighted by atomic mass is 15.1. The number of rotatable bonds is 8. The van der Waals surface area contributed by atoms with Crippen molar-refractivity contribution >= 4 is 5.69 Å². The second-order valence-corrected chi connectivity index (χ2v) is 8.50. The van der Waals surface area contributed by atoms with Gasteiger partial charge >= 0.3 is 0 Å². The van der Waals surface area contributed by atoms with Crippen molar-refractivity contribution in [2.75, 3.05) is 18.5 Å². The van der Waals surface area contributed by atoms with Crippen molar-refractivity contribution in [3.63, 3.8) is 0 Å². The van der Waals surface area contributed by atoms with Crippen LogP contribution in [0.5, 0.6) is 0 Å². The van der Waals surface area contributed by atoms with Crippen molar-refractivity contribution < 1.29 is 0 Å². The summed E-state index contributed by atoms with van der Waals surface area (Å²) in [7, 11) is 2.22. The van der Waals surface area contributed by atoms with Crippen LogP contribution in [0.2, 0.25) is 0 Å². The van der Waals surface area contributed by atoms with Gasteiger partial charge in [-0.25, -0.2) is 0 Å². The molecule has 2 saturated carbocycles. The van der Waals surface area contributed by atoms with Crippen LogP contribution in [0.3, 0.4) is 0 Å². The van der Waals surface area contributed by atoms with Gasteiger partial charge < -0.3 is 4.90 Å². The Balaban J connectivity index is 1.30. The first kappa shape index (κ1) is 16.7. The summed E-state index contributed by atoms with van der Waals surface area (Å²) >= 11 is 0. The summed E-state index contributed by atoms with van der Waals surface area (Å²) in [6, 6.07) is 18.5. The first-order chi connectivity index (χ1) is 12.2. The van der Waals surface area contributed by atoms with Crippen molar-refractivity contribution in [1.82, 2.24) is 0 Å². The molecule has 4 rings (SSSR count). The van der Waals surface area contributed by atoms with E-state index < -0.39 is 0 Å². The fourth-order valence-corrected chi connectivity index (χ4v) is 3.87. The van der Waals surface area contributed by atoms with Crippen LogP contribution >= 0.6 is 0 Å². The van der Waals surface area contributed by atoms with Gasteiger partial charge in [-0.3, -0.25) is 0 Å². The van der Waals surface area contributed by atoms with E-state index in [1.807, 2.05) is 0 Å². The van der Waals surface area contributed by atoms with Crippen LogP contribution in [0, 0.1) is 17.8 Å². The Bertz CT molecular complexity index is 681. The van der Waals surface area contributed by atoms with E-state index in [0.717, 1.165) is 24.2 Å². The lowest BCUT2D eigenvalue weighted by molar-refractivity contribution is 0.673. The van der Waals surface area contributed by atoms with Crippen LogP contribution in [0.25, 0.3) is 0 Å². The molecule has 0 saturated heterocycles. The lowest BCUT2D eigenvalue weighted by Crippen LogP contribution is -2.19. The number of hydrogen-bond acceptors (Lipinski definition) is 1. The SMILES string of the molecule is CC1CC1CCc1ccc(Cc2ccc(N(C)CC3CC3)cc2)cc1. The number of aryl methyl sites for hydroxylation is 1. The minimum absolute atomic E-state index is 0.936. The average Bonchev–Trinajstić information content (AvgIpc) is 3.54. The Morgan fingerprint density at radius 1 is 0.880 bits per heavy atom. The van der Waals surface area contributed by atoms with Gasteiger partial charge in [-0.15, -0.1) is 0 Å². The van der Waals surface area contributed by atoms with E-state index in [1.54, 1.807) is 0 Å². The van der Waals surface area contributed by atoms with Crippen molar-refractivity contribution in [1.29, 1.82) is 0 Å². The molecule has 0 amide bonds. The third-order valence-corrected chi connectivity index (χ3v) is 6.12. The monoisotopic (exact) mass is 333 g/mol. The van der Waals surface area contributed by atoms with Crippen molar-refractivity contribution in [3.8, 4) is 0 Å². The van der Waals surface area contributed by atoms with E-state index in [4.69, 9.17) is 0 Å². The maximum atomic E-state index is 2.40. The lowest BCUT2D eigenvalue weighted by atomic mass is 10.0. The average molecular weight is 334 g/mol. The number of hydrogen-bond donors (Lipinski definition) is 0. The quantitative estimate of drug-likeness (QED) is 0.598. The topological polar surface area (TPSA) is 3.24 Å². The molecule has 0 radical (unpaired) electrons. The van der Waals surface area contributed by atoms with Gasteiger partial charge in [0.05, 0.1) is 0 Å². The molecule has 2 aliphatic carbocycles. The molecule has 2 unspecified atom stereocenters. The van der Waals surface area contributed by atoms with Crippen LogP contribution in [-0.2, 0) is 12.8 Å². The number of anilines is 1. The van der Waals surface area contributed by atoms with E-state index in [0.29, 0.717) is 0 Å². The smallest absolute Gasteiger partial charge is 0.0363 e. The zero-order valence-electron chi connectivity index (χ0n) is 15.7. The minimum Gasteiger partial charge on any atom is -0.374 e. The second-order valence-electron chi connectivity index (χ2n) is 8.50. The summed E-state index contributed by atoms with van der Waals surface area (Å²) < 4.78 is 0. The predicted octanol–water partition coefficient (Wildman–Crippen LogP) is 5.71. The normalized spacial score (nSPS) is 22.0. The van der Waals surface area contributed by atoms with Crippen molar-refractivity contribution in [3.05, 3.63) is 65.2 Å². The highest BCUT2D eigenvalue weighted by Gasteiger charge is 2.31. The Morgan fingerprint density at radius 2 is 1.44 bits per heavy atom. The summed E-state index contributed by atoms with van der Waals surface area (Å²) in [5, 5.41) is 0. The maximum absolute atomic E-state index is 2.40. The fourth-order valence-electron chi connectivity index (χ4n) is 3.87. The first-order valence-corrected chi connectivity index (χ1v) is 10.1. The summed E-state index contributed by atoms with van der Waals surface area (Å²) in [6.07, 6.45) is 7.93. The highest BCUT2D eigenvalue weighted by molar-refractivity contribution is 5.47. The molecule has 1 heteroatoms. The Kier molecular flexibility index (Phi) is 4.83. The van der Waals surface area contributed by atoms with Gasteiger partial charge in [0, 0.05) is 19.3 Å². The van der Waals surface area contributed by atoms with E-state index >= 15 is 0 Å². The van der Waals surface area contributed by atoms with Gasteiger partial charge in [0.1, 0.15) is 0 Å². The van der Waals surface area contributed by atoms with E-state index in [9.17, 15) is 0 Å². The zero-order chi connectivity index (χ0) is 17.2. The fraction of sp³-hybridized carbons (Fsp3) is 0.500. The van der Waals surface area contributed by atoms with Crippen LogP contribution < -0.4 is 4.90 Å². The van der Waals surface area contributed by atoms with Gasteiger partial charge in [0.15, 0.2) is 0 Å². The van der Waals surface area contributed by atoms with Gasteiger partial charge in [0.25, 0.3) is 0 Å². The molecule has 0 spiro atoms. The molecule has 2 aliphatic rings. The molecule has 2 fully saturated rings. The molecule has 1 nitrogen and oxygen atoms in total. The van der Waals surface area contributed by atoms with Crippen LogP contribution in [0.1, 0.15) is 49.3 Å². The van der Waals surface area contributed by atoms with Crippen molar-refractivity contribution in [2.24, 2.45) is 17.8 Å². The summed E-state index contributed by atoms with van der Waals surface area (Å²) in [5.41, 5.74) is 5.67. The second kappa shape index (κ2) is 7.23. The summed E-state index contributed by atoms with van der Waals surface area (Å²) in [4.78, 5) is 2.40. The standard InChI is InChI=1S/C24H31N/c1-18-15-23(18)12-9-19-3-5-20(6-4-19)16-21-10-13-24(14-11-21)25(2)17-22-7-8-22/h3-6,10-11,13-14,18,22-23H,7-9,12,15-17H2,1-2H3. The molecule has 2 aromatic rings. The zero-order valence-corrected chi connectivity index (χ0v) is 15.7. The van der Waals surface area contributed by atoms with Gasteiger partial charge in [0.2, 0.25) is 0 Å². The molecule has 0 aromatic heterocycles. The molecule has 0 N–H and O–H groups in total. The number of benzene rings is 2. The molecular weight excluding hydrogens is 302 g/mol. The largest absolute Gasteiger partial charge is 0.374 e. The maximum Gasteiger partial charge on any atom is 0.0363 e. The third kappa shape index (κ3) is 4.66. The van der Waals surface area contributed by atoms with Crippen LogP contribution in [0.15, 0.2) is 48.5 Å². The molecule has 0 bridgehead atoms. The first-order valence-electron chi connectivity index (χ1n) is 10.1. The van der Waals surface area contributed by atoms with Crippen LogP contribution in [0.4, 0.5) is 5.69 Å². The van der Waals surface area contributed by atoms with E-state index in [-0.39, 0.29) is 0 Å². The van der Waals surface area contributed by atoms with E-state index in [2.05, 4.69) is 67.4 Å². The molecule has 2 aromatic carbocycles. The van der Waals surface area contributed by atoms with Gasteiger partial charge in [-0.1, -0.05) is 43.3 Å². The minimum atomic E-state index is 0.936. The molecule has 132 valence electrons. The third-order valence-electron chi connectivity index (χ3n) is 6.12. The predicted molar refractivity (Wildman–Crippen MR) is 107 cm³/mol. The highest BCUT2D eigenvalue weighted by Crippen LogP contribution is 2.41. The molecular formula is C24H31N. The Labute approximate surface area is 153 Å². The van der Waals surface area contributed by atoms with Gasteiger partial charge in [-0.05, 0) is 85.1 Å².